The molecule has 5 nitrogen and oxygen atoms in total. The number of hydrogen-bond acceptors (Lipinski definition) is 3. The summed E-state index contributed by atoms with van der Waals surface area (Å²) in [6.07, 6.45) is 0.906. The smallest absolute Gasteiger partial charge is 0.256 e. The first kappa shape index (κ1) is 12.9. The van der Waals surface area contributed by atoms with Crippen LogP contribution in [0.3, 0.4) is 0 Å². The molecule has 0 bridgehead atoms. The molecule has 0 saturated heterocycles. The van der Waals surface area contributed by atoms with Gasteiger partial charge in [0.15, 0.2) is 0 Å². The van der Waals surface area contributed by atoms with Crippen LogP contribution in [-0.2, 0) is 20.0 Å². The van der Waals surface area contributed by atoms with Gasteiger partial charge in [-0.05, 0) is 19.1 Å². The summed E-state index contributed by atoms with van der Waals surface area (Å²) in [6, 6.07) is 7.56. The minimum Gasteiger partial charge on any atom is -0.312 e. The lowest BCUT2D eigenvalue weighted by molar-refractivity contribution is 0.102. The van der Waals surface area contributed by atoms with Crippen LogP contribution in [0.5, 0.6) is 0 Å². The van der Waals surface area contributed by atoms with E-state index in [1.54, 1.807) is 4.68 Å². The molecule has 5 heteroatoms. The van der Waals surface area contributed by atoms with Crippen molar-refractivity contribution in [1.29, 1.82) is 0 Å². The fraction of sp³-hybridized carbons (Fsp3) is 0.333. The number of aryl methyl sites for hydroxylation is 2. The molecule has 2 N–H and O–H groups in total. The molecule has 0 saturated carbocycles. The quantitative estimate of drug-likeness (QED) is 0.872. The molecule has 0 spiro atoms. The van der Waals surface area contributed by atoms with Crippen LogP contribution in [0.15, 0.2) is 24.3 Å². The normalized spacial score (nSPS) is 13.9. The van der Waals surface area contributed by atoms with Crippen molar-refractivity contribution in [3.05, 3.63) is 46.6 Å². The van der Waals surface area contributed by atoms with E-state index in [1.807, 2.05) is 38.2 Å². The number of nitrogens with one attached hydrogen (secondary N) is 2. The summed E-state index contributed by atoms with van der Waals surface area (Å²) < 4.78 is 1.75. The van der Waals surface area contributed by atoms with E-state index in [4.69, 9.17) is 0 Å². The lowest BCUT2D eigenvalue weighted by Crippen LogP contribution is -2.24. The summed E-state index contributed by atoms with van der Waals surface area (Å²) in [6.45, 7) is 3.70. The first-order chi connectivity index (χ1) is 9.65. The highest BCUT2D eigenvalue weighted by molar-refractivity contribution is 6.04. The lowest BCUT2D eigenvalue weighted by Gasteiger charge is -2.13. The van der Waals surface area contributed by atoms with Crippen molar-refractivity contribution in [3.63, 3.8) is 0 Å². The van der Waals surface area contributed by atoms with Crippen molar-refractivity contribution in [3.8, 4) is 0 Å². The minimum atomic E-state index is -0.0960. The number of anilines is 1. The third-order valence-electron chi connectivity index (χ3n) is 3.61. The van der Waals surface area contributed by atoms with Crippen LogP contribution in [0.4, 0.5) is 5.82 Å². The first-order valence-corrected chi connectivity index (χ1v) is 6.78. The molecule has 0 atom stereocenters. The number of benzene rings is 1. The van der Waals surface area contributed by atoms with E-state index in [-0.39, 0.29) is 5.91 Å². The van der Waals surface area contributed by atoms with Gasteiger partial charge in [-0.15, -0.1) is 0 Å². The topological polar surface area (TPSA) is 59.0 Å². The van der Waals surface area contributed by atoms with Gasteiger partial charge in [0.2, 0.25) is 0 Å². The Hall–Kier alpha value is -2.14. The van der Waals surface area contributed by atoms with Crippen molar-refractivity contribution in [2.24, 2.45) is 7.05 Å². The molecule has 104 valence electrons. The predicted octanol–water partition coefficient (Wildman–Crippen LogP) is 1.63. The zero-order chi connectivity index (χ0) is 14.1. The summed E-state index contributed by atoms with van der Waals surface area (Å²) >= 11 is 0. The maximum Gasteiger partial charge on any atom is 0.256 e. The van der Waals surface area contributed by atoms with Crippen LogP contribution in [0.2, 0.25) is 0 Å². The summed E-state index contributed by atoms with van der Waals surface area (Å²) in [5, 5.41) is 10.8. The van der Waals surface area contributed by atoms with Gasteiger partial charge in [-0.3, -0.25) is 9.48 Å². The molecule has 0 aliphatic carbocycles. The zero-order valence-electron chi connectivity index (χ0n) is 11.7. The number of hydrogen-bond donors (Lipinski definition) is 2. The van der Waals surface area contributed by atoms with Gasteiger partial charge in [-0.1, -0.05) is 17.7 Å². The van der Waals surface area contributed by atoms with Crippen LogP contribution in [0.25, 0.3) is 0 Å². The molecule has 0 fully saturated rings. The largest absolute Gasteiger partial charge is 0.312 e. The van der Waals surface area contributed by atoms with Crippen LogP contribution in [0.1, 0.15) is 27.2 Å². The van der Waals surface area contributed by atoms with Gasteiger partial charge in [0.1, 0.15) is 5.82 Å². The van der Waals surface area contributed by atoms with E-state index >= 15 is 0 Å². The van der Waals surface area contributed by atoms with E-state index in [1.165, 1.54) is 0 Å². The number of fused-ring (bicyclic) bond motifs is 1. The Morgan fingerprint density at radius 2 is 2.10 bits per heavy atom. The molecule has 1 aliphatic heterocycles. The maximum atomic E-state index is 12.3. The molecule has 0 unspecified atom stereocenters. The first-order valence-electron chi connectivity index (χ1n) is 6.78. The van der Waals surface area contributed by atoms with Crippen LogP contribution in [-0.4, -0.2) is 22.2 Å². The van der Waals surface area contributed by atoms with Crippen LogP contribution in [0, 0.1) is 6.92 Å². The van der Waals surface area contributed by atoms with Crippen molar-refractivity contribution in [2.75, 3.05) is 11.9 Å². The molecule has 20 heavy (non-hydrogen) atoms. The molecular formula is C15H18N4O. The Bertz CT molecular complexity index is 643. The Morgan fingerprint density at radius 3 is 2.85 bits per heavy atom. The van der Waals surface area contributed by atoms with E-state index < -0.39 is 0 Å². The average molecular weight is 270 g/mol. The summed E-state index contributed by atoms with van der Waals surface area (Å²) in [5.74, 6) is 0.694. The number of carbonyl (C=O) groups excluding carboxylic acids is 1. The zero-order valence-corrected chi connectivity index (χ0v) is 11.7. The van der Waals surface area contributed by atoms with Crippen molar-refractivity contribution >= 4 is 11.7 Å². The number of aromatic nitrogens is 2. The number of rotatable bonds is 2. The molecule has 2 aromatic rings. The van der Waals surface area contributed by atoms with Crippen LogP contribution < -0.4 is 10.6 Å². The summed E-state index contributed by atoms with van der Waals surface area (Å²) in [7, 11) is 1.86. The third-order valence-corrected chi connectivity index (χ3v) is 3.61. The second-order valence-corrected chi connectivity index (χ2v) is 5.14. The molecule has 1 aromatic carbocycles. The van der Waals surface area contributed by atoms with Gasteiger partial charge in [-0.2, -0.15) is 5.10 Å². The number of amides is 1. The van der Waals surface area contributed by atoms with Gasteiger partial charge in [0.25, 0.3) is 5.91 Å². The molecule has 2 heterocycles. The lowest BCUT2D eigenvalue weighted by atomic mass is 10.1. The average Bonchev–Trinajstić information content (AvgIpc) is 2.76. The summed E-state index contributed by atoms with van der Waals surface area (Å²) in [4.78, 5) is 12.3. The highest BCUT2D eigenvalue weighted by Gasteiger charge is 2.20. The standard InChI is InChI=1S/C15H18N4O/c1-10-3-5-11(6-4-10)15(20)17-14-12-9-16-8-7-13(12)18-19(14)2/h3-6,16H,7-9H2,1-2H3,(H,17,20). The Balaban J connectivity index is 1.86. The predicted molar refractivity (Wildman–Crippen MR) is 77.8 cm³/mol. The Morgan fingerprint density at radius 1 is 1.35 bits per heavy atom. The second kappa shape index (κ2) is 5.09. The van der Waals surface area contributed by atoms with Crippen molar-refractivity contribution in [1.82, 2.24) is 15.1 Å². The van der Waals surface area contributed by atoms with E-state index in [0.717, 1.165) is 42.1 Å². The van der Waals surface area contributed by atoms with Gasteiger partial charge in [0, 0.05) is 37.7 Å². The van der Waals surface area contributed by atoms with Crippen molar-refractivity contribution < 1.29 is 4.79 Å². The van der Waals surface area contributed by atoms with Gasteiger partial charge >= 0.3 is 0 Å². The molecular weight excluding hydrogens is 252 g/mol. The number of nitrogens with zero attached hydrogens (tertiary/aromatic N) is 2. The third kappa shape index (κ3) is 2.32. The highest BCUT2D eigenvalue weighted by Crippen LogP contribution is 2.22. The van der Waals surface area contributed by atoms with Gasteiger partial charge in [-0.25, -0.2) is 0 Å². The SMILES string of the molecule is Cc1ccc(C(=O)Nc2c3c(nn2C)CCNC3)cc1. The van der Waals surface area contributed by atoms with Crippen LogP contribution >= 0.6 is 0 Å². The fourth-order valence-corrected chi connectivity index (χ4v) is 2.47. The van der Waals surface area contributed by atoms with Gasteiger partial charge < -0.3 is 10.6 Å². The molecule has 0 radical (unpaired) electrons. The highest BCUT2D eigenvalue weighted by atomic mass is 16.1. The minimum absolute atomic E-state index is 0.0960. The van der Waals surface area contributed by atoms with E-state index in [9.17, 15) is 4.79 Å². The Kier molecular flexibility index (Phi) is 3.28. The van der Waals surface area contributed by atoms with E-state index in [0.29, 0.717) is 5.56 Å². The maximum absolute atomic E-state index is 12.3. The monoisotopic (exact) mass is 270 g/mol. The Labute approximate surface area is 118 Å². The number of carbonyl (C=O) groups is 1. The molecule has 1 aromatic heterocycles. The van der Waals surface area contributed by atoms with Crippen molar-refractivity contribution in [2.45, 2.75) is 19.9 Å². The molecule has 1 amide bonds. The van der Waals surface area contributed by atoms with E-state index in [2.05, 4.69) is 15.7 Å². The van der Waals surface area contributed by atoms with Gasteiger partial charge in [0.05, 0.1) is 5.69 Å². The molecule has 1 aliphatic rings. The fourth-order valence-electron chi connectivity index (χ4n) is 2.47. The molecule has 3 rings (SSSR count). The summed E-state index contributed by atoms with van der Waals surface area (Å²) in [5.41, 5.74) is 3.97. The second-order valence-electron chi connectivity index (χ2n) is 5.14.